The van der Waals surface area contributed by atoms with Gasteiger partial charge in [-0.15, -0.1) is 0 Å². The van der Waals surface area contributed by atoms with E-state index in [4.69, 9.17) is 30.6 Å². The second kappa shape index (κ2) is 10.4. The Labute approximate surface area is 119 Å². The fourth-order valence-corrected chi connectivity index (χ4v) is 1.59. The Morgan fingerprint density at radius 3 is 0.950 bits per heavy atom. The summed E-state index contributed by atoms with van der Waals surface area (Å²) in [6, 6.07) is 0. The highest BCUT2D eigenvalue weighted by molar-refractivity contribution is 4.87. The van der Waals surface area contributed by atoms with Gasteiger partial charge in [-0.3, -0.25) is 0 Å². The fourth-order valence-electron chi connectivity index (χ4n) is 1.59. The molecule has 0 radical (unpaired) electrons. The molecule has 0 spiro atoms. The average molecular weight is 296 g/mol. The van der Waals surface area contributed by atoms with Crippen LogP contribution in [0.15, 0.2) is 0 Å². The maximum Gasteiger partial charge on any atom is 0.0881 e. The van der Waals surface area contributed by atoms with Gasteiger partial charge >= 0.3 is 0 Å². The lowest BCUT2D eigenvalue weighted by atomic mass is 10.0. The summed E-state index contributed by atoms with van der Waals surface area (Å²) in [5.74, 6) is 0. The number of rotatable bonds is 13. The first kappa shape index (κ1) is 19.7. The van der Waals surface area contributed by atoms with Crippen LogP contribution < -0.4 is 10.6 Å². The molecule has 0 aromatic carbocycles. The van der Waals surface area contributed by atoms with Gasteiger partial charge in [-0.05, 0) is 25.9 Å². The van der Waals surface area contributed by atoms with E-state index >= 15 is 0 Å². The van der Waals surface area contributed by atoms with Gasteiger partial charge in [0.25, 0.3) is 0 Å². The van der Waals surface area contributed by atoms with Gasteiger partial charge in [-0.1, -0.05) is 0 Å². The van der Waals surface area contributed by atoms with Gasteiger partial charge in [0.05, 0.1) is 50.7 Å². The van der Waals surface area contributed by atoms with Gasteiger partial charge in [0.2, 0.25) is 0 Å². The molecule has 0 saturated carbocycles. The summed E-state index contributed by atoms with van der Waals surface area (Å²) in [6.45, 7) is -1.17. The smallest absolute Gasteiger partial charge is 0.0881 e. The van der Waals surface area contributed by atoms with Crippen LogP contribution in [0.25, 0.3) is 0 Å². The van der Waals surface area contributed by atoms with E-state index < -0.39 is 11.1 Å². The van der Waals surface area contributed by atoms with Crippen molar-refractivity contribution in [2.45, 2.75) is 23.9 Å². The van der Waals surface area contributed by atoms with Crippen LogP contribution in [0, 0.1) is 0 Å². The largest absolute Gasteiger partial charge is 0.394 e. The molecule has 0 unspecified atom stereocenters. The highest BCUT2D eigenvalue weighted by Gasteiger charge is 2.27. The predicted octanol–water partition coefficient (Wildman–Crippen LogP) is -3.62. The number of nitrogens with one attached hydrogen (secondary N) is 2. The van der Waals surface area contributed by atoms with Crippen LogP contribution in [0.2, 0.25) is 0 Å². The zero-order valence-corrected chi connectivity index (χ0v) is 11.8. The second-order valence-corrected chi connectivity index (χ2v) is 5.07. The molecule has 0 rings (SSSR count). The van der Waals surface area contributed by atoms with Gasteiger partial charge < -0.3 is 41.3 Å². The molecule has 8 N–H and O–H groups in total. The summed E-state index contributed by atoms with van der Waals surface area (Å²) in [5.41, 5.74) is -2.14. The van der Waals surface area contributed by atoms with Crippen molar-refractivity contribution in [3.05, 3.63) is 0 Å². The van der Waals surface area contributed by atoms with Crippen LogP contribution in [-0.2, 0) is 0 Å². The Morgan fingerprint density at radius 1 is 0.500 bits per heavy atom. The first-order chi connectivity index (χ1) is 9.57. The van der Waals surface area contributed by atoms with Gasteiger partial charge in [0.1, 0.15) is 0 Å². The minimum absolute atomic E-state index is 0.360. The molecule has 0 fully saturated rings. The van der Waals surface area contributed by atoms with E-state index in [0.29, 0.717) is 25.9 Å². The molecule has 0 heterocycles. The Balaban J connectivity index is 3.87. The zero-order chi connectivity index (χ0) is 15.5. The Kier molecular flexibility index (Phi) is 10.2. The predicted molar refractivity (Wildman–Crippen MR) is 73.2 cm³/mol. The molecular formula is C12H28N2O6. The van der Waals surface area contributed by atoms with Crippen molar-refractivity contribution in [1.82, 2.24) is 10.6 Å². The number of hydrogen-bond donors (Lipinski definition) is 8. The Morgan fingerprint density at radius 2 is 0.750 bits per heavy atom. The lowest BCUT2D eigenvalue weighted by Crippen LogP contribution is -2.55. The standard InChI is InChI=1S/C12H28N2O6/c15-5-11(6-16,7-17)13-3-1-2-4-14-12(8-18,9-19)10-20/h13-20H,1-10H2. The van der Waals surface area contributed by atoms with E-state index in [-0.39, 0.29) is 39.6 Å². The molecule has 0 bridgehead atoms. The third-order valence-corrected chi connectivity index (χ3v) is 3.42. The maximum absolute atomic E-state index is 9.10. The minimum Gasteiger partial charge on any atom is -0.394 e. The quantitative estimate of drug-likeness (QED) is 0.163. The molecule has 122 valence electrons. The van der Waals surface area contributed by atoms with E-state index in [1.54, 1.807) is 0 Å². The zero-order valence-electron chi connectivity index (χ0n) is 11.8. The summed E-state index contributed by atoms with van der Waals surface area (Å²) >= 11 is 0. The van der Waals surface area contributed by atoms with Crippen LogP contribution in [0.5, 0.6) is 0 Å². The van der Waals surface area contributed by atoms with Crippen LogP contribution in [0.3, 0.4) is 0 Å². The molecule has 0 amide bonds. The Bertz CT molecular complexity index is 193. The van der Waals surface area contributed by atoms with Crippen molar-refractivity contribution in [3.8, 4) is 0 Å². The molecule has 0 aliphatic heterocycles. The van der Waals surface area contributed by atoms with Crippen molar-refractivity contribution < 1.29 is 30.6 Å². The van der Waals surface area contributed by atoms with E-state index in [0.717, 1.165) is 0 Å². The third-order valence-electron chi connectivity index (χ3n) is 3.42. The summed E-state index contributed by atoms with van der Waals surface area (Å²) in [6.07, 6.45) is 1.40. The summed E-state index contributed by atoms with van der Waals surface area (Å²) in [7, 11) is 0. The summed E-state index contributed by atoms with van der Waals surface area (Å²) in [4.78, 5) is 0. The van der Waals surface area contributed by atoms with Crippen LogP contribution in [0.1, 0.15) is 12.8 Å². The van der Waals surface area contributed by atoms with E-state index in [9.17, 15) is 0 Å². The molecule has 0 aromatic heterocycles. The molecule has 0 aliphatic rings. The van der Waals surface area contributed by atoms with Crippen molar-refractivity contribution in [2.24, 2.45) is 0 Å². The van der Waals surface area contributed by atoms with Gasteiger partial charge in [0.15, 0.2) is 0 Å². The molecule has 8 heteroatoms. The summed E-state index contributed by atoms with van der Waals surface area (Å²) in [5, 5.41) is 60.4. The molecule has 0 aliphatic carbocycles. The van der Waals surface area contributed by atoms with Crippen molar-refractivity contribution in [2.75, 3.05) is 52.7 Å². The number of hydrogen-bond acceptors (Lipinski definition) is 8. The van der Waals surface area contributed by atoms with Crippen molar-refractivity contribution in [1.29, 1.82) is 0 Å². The first-order valence-electron chi connectivity index (χ1n) is 6.73. The first-order valence-corrected chi connectivity index (χ1v) is 6.73. The lowest BCUT2D eigenvalue weighted by Gasteiger charge is -2.30. The van der Waals surface area contributed by atoms with Gasteiger partial charge in [0, 0.05) is 0 Å². The highest BCUT2D eigenvalue weighted by atomic mass is 16.3. The number of aliphatic hydroxyl groups excluding tert-OH is 6. The Hall–Kier alpha value is -0.320. The van der Waals surface area contributed by atoms with Crippen LogP contribution >= 0.6 is 0 Å². The van der Waals surface area contributed by atoms with Crippen molar-refractivity contribution >= 4 is 0 Å². The molecule has 0 saturated heterocycles. The van der Waals surface area contributed by atoms with Crippen LogP contribution in [0.4, 0.5) is 0 Å². The molecule has 20 heavy (non-hydrogen) atoms. The van der Waals surface area contributed by atoms with E-state index in [2.05, 4.69) is 10.6 Å². The molecular weight excluding hydrogens is 268 g/mol. The van der Waals surface area contributed by atoms with Crippen LogP contribution in [-0.4, -0.2) is 94.4 Å². The van der Waals surface area contributed by atoms with E-state index in [1.165, 1.54) is 0 Å². The normalized spacial score (nSPS) is 12.9. The maximum atomic E-state index is 9.10. The molecule has 0 aromatic rings. The monoisotopic (exact) mass is 296 g/mol. The lowest BCUT2D eigenvalue weighted by molar-refractivity contribution is 0.0397. The average Bonchev–Trinajstić information content (AvgIpc) is 2.52. The number of unbranched alkanes of at least 4 members (excludes halogenated alkanes) is 1. The molecule has 8 nitrogen and oxygen atoms in total. The second-order valence-electron chi connectivity index (χ2n) is 5.07. The summed E-state index contributed by atoms with van der Waals surface area (Å²) < 4.78 is 0. The topological polar surface area (TPSA) is 145 Å². The molecule has 0 atom stereocenters. The van der Waals surface area contributed by atoms with Gasteiger partial charge in [-0.25, -0.2) is 0 Å². The number of aliphatic hydroxyl groups is 6. The SMILES string of the molecule is OCC(CO)(CO)NCCCCNC(CO)(CO)CO. The third kappa shape index (κ3) is 5.98. The van der Waals surface area contributed by atoms with Crippen molar-refractivity contribution in [3.63, 3.8) is 0 Å². The highest BCUT2D eigenvalue weighted by Crippen LogP contribution is 2.04. The fraction of sp³-hybridized carbons (Fsp3) is 1.00. The van der Waals surface area contributed by atoms with Gasteiger partial charge in [-0.2, -0.15) is 0 Å². The van der Waals surface area contributed by atoms with E-state index in [1.807, 2.05) is 0 Å². The minimum atomic E-state index is -1.07.